The second-order valence-electron chi connectivity index (χ2n) is 4.59. The van der Waals surface area contributed by atoms with E-state index in [2.05, 4.69) is 5.32 Å². The number of hydrogen-bond donors (Lipinski definition) is 1. The summed E-state index contributed by atoms with van der Waals surface area (Å²) in [4.78, 5) is 25.0. The molecular formula is C14H14FN3O2. The van der Waals surface area contributed by atoms with Gasteiger partial charge in [0, 0.05) is 0 Å². The fourth-order valence-corrected chi connectivity index (χ4v) is 2.13. The summed E-state index contributed by atoms with van der Waals surface area (Å²) < 4.78 is 13.2. The Balaban J connectivity index is 2.22. The summed E-state index contributed by atoms with van der Waals surface area (Å²) in [7, 11) is 0. The highest BCUT2D eigenvalue weighted by atomic mass is 19.1. The fraction of sp³-hybridized carbons (Fsp3) is 0.357. The molecule has 0 radical (unpaired) electrons. The number of halogens is 1. The van der Waals surface area contributed by atoms with Crippen molar-refractivity contribution in [1.82, 2.24) is 10.2 Å². The number of carbonyl (C=O) groups is 2. The van der Waals surface area contributed by atoms with Gasteiger partial charge in [-0.15, -0.1) is 0 Å². The second kappa shape index (κ2) is 5.80. The molecule has 2 amide bonds. The molecular weight excluding hydrogens is 261 g/mol. The average Bonchev–Trinajstić information content (AvgIpc) is 2.45. The van der Waals surface area contributed by atoms with E-state index in [0.717, 1.165) is 4.90 Å². The van der Waals surface area contributed by atoms with Crippen molar-refractivity contribution >= 4 is 11.8 Å². The number of nitrogens with zero attached hydrogens (tertiary/aromatic N) is 2. The van der Waals surface area contributed by atoms with Crippen molar-refractivity contribution in [1.29, 1.82) is 5.26 Å². The maximum atomic E-state index is 13.2. The van der Waals surface area contributed by atoms with Crippen LogP contribution in [0.4, 0.5) is 4.39 Å². The SMILES string of the molecule is CCC1NCC(=O)N(Cc2ccc(F)c(C#N)c2)C1=O. The Kier molecular flexibility index (Phi) is 4.11. The summed E-state index contributed by atoms with van der Waals surface area (Å²) in [6.45, 7) is 2.02. The van der Waals surface area contributed by atoms with Gasteiger partial charge < -0.3 is 0 Å². The van der Waals surface area contributed by atoms with Gasteiger partial charge in [0.05, 0.1) is 24.7 Å². The van der Waals surface area contributed by atoms with Crippen LogP contribution in [0.3, 0.4) is 0 Å². The Morgan fingerprint density at radius 2 is 2.25 bits per heavy atom. The maximum absolute atomic E-state index is 13.2. The van der Waals surface area contributed by atoms with Gasteiger partial charge >= 0.3 is 0 Å². The van der Waals surface area contributed by atoms with Crippen LogP contribution in [0.2, 0.25) is 0 Å². The van der Waals surface area contributed by atoms with Crippen molar-refractivity contribution in [2.24, 2.45) is 0 Å². The first-order chi connectivity index (χ1) is 9.56. The van der Waals surface area contributed by atoms with E-state index in [4.69, 9.17) is 5.26 Å². The number of nitriles is 1. The number of hydrogen-bond acceptors (Lipinski definition) is 4. The minimum absolute atomic E-state index is 0.0603. The third kappa shape index (κ3) is 2.68. The molecule has 1 aliphatic heterocycles. The zero-order valence-corrected chi connectivity index (χ0v) is 11.0. The third-order valence-electron chi connectivity index (χ3n) is 3.27. The van der Waals surface area contributed by atoms with Gasteiger partial charge in [-0.1, -0.05) is 13.0 Å². The fourth-order valence-electron chi connectivity index (χ4n) is 2.13. The van der Waals surface area contributed by atoms with Crippen molar-refractivity contribution < 1.29 is 14.0 Å². The number of piperazine rings is 1. The Morgan fingerprint density at radius 3 is 2.90 bits per heavy atom. The van der Waals surface area contributed by atoms with Gasteiger partial charge in [0.2, 0.25) is 11.8 Å². The molecule has 0 aliphatic carbocycles. The number of benzene rings is 1. The third-order valence-corrected chi connectivity index (χ3v) is 3.27. The summed E-state index contributed by atoms with van der Waals surface area (Å²) >= 11 is 0. The van der Waals surface area contributed by atoms with E-state index in [9.17, 15) is 14.0 Å². The molecule has 1 aromatic rings. The number of imide groups is 1. The molecule has 0 aromatic heterocycles. The molecule has 1 saturated heterocycles. The predicted octanol–water partition coefficient (Wildman–Crippen LogP) is 0.934. The lowest BCUT2D eigenvalue weighted by atomic mass is 10.1. The van der Waals surface area contributed by atoms with E-state index >= 15 is 0 Å². The summed E-state index contributed by atoms with van der Waals surface area (Å²) in [5, 5.41) is 11.6. The second-order valence-corrected chi connectivity index (χ2v) is 4.59. The monoisotopic (exact) mass is 275 g/mol. The van der Waals surface area contributed by atoms with E-state index in [1.807, 2.05) is 6.92 Å². The molecule has 5 nitrogen and oxygen atoms in total. The molecule has 20 heavy (non-hydrogen) atoms. The molecule has 2 rings (SSSR count). The molecule has 1 atom stereocenters. The molecule has 1 heterocycles. The smallest absolute Gasteiger partial charge is 0.246 e. The predicted molar refractivity (Wildman–Crippen MR) is 68.8 cm³/mol. The molecule has 1 fully saturated rings. The van der Waals surface area contributed by atoms with E-state index in [-0.39, 0.29) is 36.5 Å². The maximum Gasteiger partial charge on any atom is 0.246 e. The van der Waals surface area contributed by atoms with E-state index < -0.39 is 5.82 Å². The van der Waals surface area contributed by atoms with Crippen LogP contribution in [0.15, 0.2) is 18.2 Å². The standard InChI is InChI=1S/C14H14FN3O2/c1-2-12-14(20)18(13(19)7-17-12)8-9-3-4-11(15)10(5-9)6-16/h3-5,12,17H,2,7-8H2,1H3. The van der Waals surface area contributed by atoms with Crippen LogP contribution in [0.5, 0.6) is 0 Å². The van der Waals surface area contributed by atoms with Gasteiger partial charge in [-0.25, -0.2) is 4.39 Å². The molecule has 0 saturated carbocycles. The van der Waals surface area contributed by atoms with Gasteiger partial charge in [0.1, 0.15) is 11.9 Å². The molecule has 1 aromatic carbocycles. The summed E-state index contributed by atoms with van der Waals surface area (Å²) in [6, 6.07) is 5.37. The van der Waals surface area contributed by atoms with Crippen molar-refractivity contribution in [2.45, 2.75) is 25.9 Å². The Labute approximate surface area is 116 Å². The van der Waals surface area contributed by atoms with Gasteiger partial charge in [0.25, 0.3) is 0 Å². The summed E-state index contributed by atoms with van der Waals surface area (Å²) in [6.07, 6.45) is 0.593. The topological polar surface area (TPSA) is 73.2 Å². The van der Waals surface area contributed by atoms with Crippen LogP contribution in [-0.4, -0.2) is 29.3 Å². The molecule has 0 bridgehead atoms. The molecule has 6 heteroatoms. The van der Waals surface area contributed by atoms with Crippen molar-refractivity contribution in [2.75, 3.05) is 6.54 Å². The van der Waals surface area contributed by atoms with Crippen molar-refractivity contribution in [3.05, 3.63) is 35.1 Å². The lowest BCUT2D eigenvalue weighted by Gasteiger charge is -2.31. The number of nitrogens with one attached hydrogen (secondary N) is 1. The van der Waals surface area contributed by atoms with Crippen LogP contribution in [0.25, 0.3) is 0 Å². The summed E-state index contributed by atoms with van der Waals surface area (Å²) in [5.41, 5.74) is 0.464. The zero-order chi connectivity index (χ0) is 14.7. The van der Waals surface area contributed by atoms with Gasteiger partial charge in [-0.2, -0.15) is 5.26 Å². The highest BCUT2D eigenvalue weighted by Gasteiger charge is 2.32. The zero-order valence-electron chi connectivity index (χ0n) is 11.0. The lowest BCUT2D eigenvalue weighted by Crippen LogP contribution is -2.57. The average molecular weight is 275 g/mol. The highest BCUT2D eigenvalue weighted by Crippen LogP contribution is 2.14. The Hall–Kier alpha value is -2.26. The summed E-state index contributed by atoms with van der Waals surface area (Å²) in [5.74, 6) is -1.21. The van der Waals surface area contributed by atoms with Crippen LogP contribution >= 0.6 is 0 Å². The van der Waals surface area contributed by atoms with E-state index in [1.54, 1.807) is 6.07 Å². The Morgan fingerprint density at radius 1 is 1.50 bits per heavy atom. The van der Waals surface area contributed by atoms with Crippen LogP contribution < -0.4 is 5.32 Å². The minimum atomic E-state index is -0.611. The quantitative estimate of drug-likeness (QED) is 0.833. The first kappa shape index (κ1) is 14.2. The van der Waals surface area contributed by atoms with Crippen LogP contribution in [-0.2, 0) is 16.1 Å². The molecule has 1 unspecified atom stereocenters. The van der Waals surface area contributed by atoms with Gasteiger partial charge in [-0.05, 0) is 24.1 Å². The minimum Gasteiger partial charge on any atom is -0.297 e. The van der Waals surface area contributed by atoms with Crippen molar-refractivity contribution in [3.8, 4) is 6.07 Å². The lowest BCUT2D eigenvalue weighted by molar-refractivity contribution is -0.150. The highest BCUT2D eigenvalue weighted by molar-refractivity contribution is 6.01. The molecule has 0 spiro atoms. The van der Waals surface area contributed by atoms with Crippen molar-refractivity contribution in [3.63, 3.8) is 0 Å². The largest absolute Gasteiger partial charge is 0.297 e. The van der Waals surface area contributed by atoms with Crippen LogP contribution in [0, 0.1) is 17.1 Å². The Bertz CT molecular complexity index is 595. The van der Waals surface area contributed by atoms with Gasteiger partial charge in [-0.3, -0.25) is 19.8 Å². The van der Waals surface area contributed by atoms with Gasteiger partial charge in [0.15, 0.2) is 0 Å². The van der Waals surface area contributed by atoms with E-state index in [1.165, 1.54) is 18.2 Å². The first-order valence-corrected chi connectivity index (χ1v) is 6.33. The first-order valence-electron chi connectivity index (χ1n) is 6.33. The number of rotatable bonds is 3. The molecule has 1 aliphatic rings. The normalized spacial score (nSPS) is 19.1. The van der Waals surface area contributed by atoms with E-state index in [0.29, 0.717) is 12.0 Å². The molecule has 104 valence electrons. The number of amides is 2. The van der Waals surface area contributed by atoms with Crippen LogP contribution in [0.1, 0.15) is 24.5 Å². The molecule has 1 N–H and O–H groups in total. The number of carbonyl (C=O) groups excluding carboxylic acids is 2.